The van der Waals surface area contributed by atoms with Crippen molar-refractivity contribution in [3.8, 4) is 0 Å². The van der Waals surface area contributed by atoms with Crippen molar-refractivity contribution in [3.05, 3.63) is 27.8 Å². The van der Waals surface area contributed by atoms with Crippen molar-refractivity contribution in [1.29, 1.82) is 0 Å². The van der Waals surface area contributed by atoms with E-state index in [0.717, 1.165) is 11.0 Å². The van der Waals surface area contributed by atoms with Gasteiger partial charge >= 0.3 is 0 Å². The molecule has 1 aromatic rings. The molecule has 0 bridgehead atoms. The molecule has 1 aromatic heterocycles. The molecule has 0 aliphatic carbocycles. The summed E-state index contributed by atoms with van der Waals surface area (Å²) in [5.41, 5.74) is -0.263. The number of piperidine rings is 1. The molecule has 2 rings (SSSR count). The number of aromatic nitrogens is 1. The van der Waals surface area contributed by atoms with Crippen LogP contribution >= 0.6 is 23.2 Å². The van der Waals surface area contributed by atoms with Crippen molar-refractivity contribution in [2.24, 2.45) is 0 Å². The highest BCUT2D eigenvalue weighted by atomic mass is 35.5. The van der Waals surface area contributed by atoms with Gasteiger partial charge in [0.15, 0.2) is 11.0 Å². The number of amides is 1. The molecule has 0 saturated carbocycles. The van der Waals surface area contributed by atoms with Crippen LogP contribution in [0.25, 0.3) is 0 Å². The molecule has 1 fully saturated rings. The van der Waals surface area contributed by atoms with E-state index in [9.17, 15) is 18.0 Å². The summed E-state index contributed by atoms with van der Waals surface area (Å²) in [6.07, 6.45) is -0.0857. The molecule has 0 N–H and O–H groups in total. The number of pyridine rings is 1. The highest BCUT2D eigenvalue weighted by Gasteiger charge is 2.37. The smallest absolute Gasteiger partial charge is 0.265 e. The van der Waals surface area contributed by atoms with Crippen LogP contribution in [-0.4, -0.2) is 34.8 Å². The van der Waals surface area contributed by atoms with Crippen molar-refractivity contribution < 1.29 is 18.0 Å². The number of carbonyl (C=O) groups excluding carboxylic acids is 1. The highest BCUT2D eigenvalue weighted by molar-refractivity contribution is 6.34. The summed E-state index contributed by atoms with van der Waals surface area (Å²) < 4.78 is 39.7. The van der Waals surface area contributed by atoms with Gasteiger partial charge in [-0.15, -0.1) is 0 Å². The molecule has 1 aliphatic heterocycles. The maximum Gasteiger partial charge on any atom is 0.265 e. The lowest BCUT2D eigenvalue weighted by Crippen LogP contribution is -2.45. The van der Waals surface area contributed by atoms with Crippen LogP contribution in [0.15, 0.2) is 6.07 Å². The second kappa shape index (κ2) is 5.17. The van der Waals surface area contributed by atoms with E-state index in [2.05, 4.69) is 4.98 Å². The maximum absolute atomic E-state index is 13.3. The largest absolute Gasteiger partial charge is 0.333 e. The topological polar surface area (TPSA) is 33.2 Å². The third kappa shape index (κ3) is 3.12. The molecule has 0 spiro atoms. The first kappa shape index (κ1) is 14.4. The fourth-order valence-electron chi connectivity index (χ4n) is 1.91. The first-order valence-corrected chi connectivity index (χ1v) is 6.24. The summed E-state index contributed by atoms with van der Waals surface area (Å²) in [4.78, 5) is 16.4. The number of likely N-dealkylation sites (tertiary alicyclic amines) is 1. The zero-order valence-corrected chi connectivity index (χ0v) is 11.1. The van der Waals surface area contributed by atoms with Gasteiger partial charge in [0.05, 0.1) is 12.1 Å². The molecule has 2 heterocycles. The van der Waals surface area contributed by atoms with Crippen molar-refractivity contribution in [1.82, 2.24) is 9.88 Å². The van der Waals surface area contributed by atoms with Gasteiger partial charge in [0.25, 0.3) is 11.8 Å². The normalized spacial score (nSPS) is 18.5. The standard InChI is InChI=1S/C11H9Cl2F3N2O/c12-8-6(4-7(14)9(13)17-8)10(19)18-3-1-2-11(15,16)5-18/h4H,1-3,5H2. The molecule has 1 saturated heterocycles. The van der Waals surface area contributed by atoms with Crippen LogP contribution in [0.5, 0.6) is 0 Å². The van der Waals surface area contributed by atoms with E-state index in [1.807, 2.05) is 0 Å². The van der Waals surface area contributed by atoms with E-state index in [4.69, 9.17) is 23.2 Å². The van der Waals surface area contributed by atoms with Crippen LogP contribution in [-0.2, 0) is 0 Å². The molecular formula is C11H9Cl2F3N2O. The number of carbonyl (C=O) groups is 1. The summed E-state index contributed by atoms with van der Waals surface area (Å²) in [5, 5.41) is -0.768. The predicted molar refractivity (Wildman–Crippen MR) is 64.3 cm³/mol. The van der Waals surface area contributed by atoms with Gasteiger partial charge in [-0.05, 0) is 12.5 Å². The second-order valence-electron chi connectivity index (χ2n) is 4.29. The first-order valence-electron chi connectivity index (χ1n) is 5.49. The van der Waals surface area contributed by atoms with Gasteiger partial charge in [0, 0.05) is 13.0 Å². The van der Waals surface area contributed by atoms with Crippen LogP contribution in [0.3, 0.4) is 0 Å². The summed E-state index contributed by atoms with van der Waals surface area (Å²) in [5.74, 6) is -4.62. The Morgan fingerprint density at radius 2 is 2.05 bits per heavy atom. The van der Waals surface area contributed by atoms with Crippen LogP contribution in [0.1, 0.15) is 23.2 Å². The van der Waals surface area contributed by atoms with Gasteiger partial charge in [-0.1, -0.05) is 23.2 Å². The van der Waals surface area contributed by atoms with Gasteiger partial charge in [-0.25, -0.2) is 18.2 Å². The first-order chi connectivity index (χ1) is 8.80. The quantitative estimate of drug-likeness (QED) is 0.745. The average molecular weight is 313 g/mol. The Balaban J connectivity index is 2.27. The fraction of sp³-hybridized carbons (Fsp3) is 0.455. The van der Waals surface area contributed by atoms with E-state index in [-0.39, 0.29) is 30.1 Å². The van der Waals surface area contributed by atoms with Gasteiger partial charge in [0.1, 0.15) is 5.15 Å². The Morgan fingerprint density at radius 1 is 1.37 bits per heavy atom. The van der Waals surface area contributed by atoms with E-state index < -0.39 is 29.3 Å². The van der Waals surface area contributed by atoms with E-state index in [0.29, 0.717) is 0 Å². The molecule has 104 valence electrons. The second-order valence-corrected chi connectivity index (χ2v) is 5.00. The molecule has 0 unspecified atom stereocenters. The van der Waals surface area contributed by atoms with Crippen LogP contribution in [0, 0.1) is 5.82 Å². The van der Waals surface area contributed by atoms with Gasteiger partial charge < -0.3 is 4.90 Å². The molecule has 1 aliphatic rings. The van der Waals surface area contributed by atoms with Crippen LogP contribution < -0.4 is 0 Å². The number of hydrogen-bond acceptors (Lipinski definition) is 2. The van der Waals surface area contributed by atoms with Gasteiger partial charge in [-0.3, -0.25) is 4.79 Å². The number of hydrogen-bond donors (Lipinski definition) is 0. The number of alkyl halides is 2. The Hall–Kier alpha value is -1.01. The van der Waals surface area contributed by atoms with E-state index in [1.54, 1.807) is 0 Å². The molecule has 0 aromatic carbocycles. The Bertz CT molecular complexity index is 525. The van der Waals surface area contributed by atoms with Crippen molar-refractivity contribution in [2.45, 2.75) is 18.8 Å². The minimum atomic E-state index is -2.93. The highest BCUT2D eigenvalue weighted by Crippen LogP contribution is 2.29. The van der Waals surface area contributed by atoms with E-state index >= 15 is 0 Å². The zero-order valence-electron chi connectivity index (χ0n) is 9.60. The number of nitrogens with zero attached hydrogens (tertiary/aromatic N) is 2. The molecule has 3 nitrogen and oxygen atoms in total. The fourth-order valence-corrected chi connectivity index (χ4v) is 2.31. The Kier molecular flexibility index (Phi) is 3.92. The Labute approximate surface area is 117 Å². The van der Waals surface area contributed by atoms with Gasteiger partial charge in [0.2, 0.25) is 0 Å². The SMILES string of the molecule is O=C(c1cc(F)c(Cl)nc1Cl)N1CCCC(F)(F)C1. The summed E-state index contributed by atoms with van der Waals surface area (Å²) >= 11 is 11.1. The summed E-state index contributed by atoms with van der Waals surface area (Å²) in [6, 6.07) is 0.812. The number of rotatable bonds is 1. The summed E-state index contributed by atoms with van der Waals surface area (Å²) in [6.45, 7) is -0.526. The molecule has 0 radical (unpaired) electrons. The summed E-state index contributed by atoms with van der Waals surface area (Å²) in [7, 11) is 0. The van der Waals surface area contributed by atoms with Crippen molar-refractivity contribution >= 4 is 29.1 Å². The third-order valence-corrected chi connectivity index (χ3v) is 3.35. The van der Waals surface area contributed by atoms with Crippen LogP contribution in [0.2, 0.25) is 10.3 Å². The van der Waals surface area contributed by atoms with Gasteiger partial charge in [-0.2, -0.15) is 0 Å². The van der Waals surface area contributed by atoms with Crippen molar-refractivity contribution in [2.75, 3.05) is 13.1 Å². The zero-order chi connectivity index (χ0) is 14.2. The predicted octanol–water partition coefficient (Wildman–Crippen LogP) is 3.40. The minimum Gasteiger partial charge on any atom is -0.333 e. The van der Waals surface area contributed by atoms with E-state index in [1.165, 1.54) is 0 Å². The molecule has 8 heteroatoms. The average Bonchev–Trinajstić information content (AvgIpc) is 2.31. The van der Waals surface area contributed by atoms with Crippen molar-refractivity contribution in [3.63, 3.8) is 0 Å². The maximum atomic E-state index is 13.3. The number of halogens is 5. The molecule has 0 atom stereocenters. The lowest BCUT2D eigenvalue weighted by molar-refractivity contribution is -0.0560. The lowest BCUT2D eigenvalue weighted by atomic mass is 10.1. The minimum absolute atomic E-state index is 0.176. The van der Waals surface area contributed by atoms with Crippen LogP contribution in [0.4, 0.5) is 13.2 Å². The molecular weight excluding hydrogens is 304 g/mol. The Morgan fingerprint density at radius 3 is 2.68 bits per heavy atom. The molecule has 19 heavy (non-hydrogen) atoms. The third-order valence-electron chi connectivity index (χ3n) is 2.80. The molecule has 1 amide bonds. The lowest BCUT2D eigenvalue weighted by Gasteiger charge is -2.32. The monoisotopic (exact) mass is 312 g/mol.